The van der Waals surface area contributed by atoms with Crippen molar-refractivity contribution in [3.05, 3.63) is 72.4 Å². The third kappa shape index (κ3) is 8.15. The summed E-state index contributed by atoms with van der Waals surface area (Å²) in [6, 6.07) is 19.9. The predicted octanol–water partition coefficient (Wildman–Crippen LogP) is 2.93. The molecule has 3 aromatic rings. The number of aryl methyl sites for hydroxylation is 1. The third-order valence-electron chi connectivity index (χ3n) is 4.77. The van der Waals surface area contributed by atoms with Crippen LogP contribution in [-0.4, -0.2) is 44.8 Å². The van der Waals surface area contributed by atoms with E-state index in [4.69, 9.17) is 0 Å². The molecule has 0 radical (unpaired) electrons. The molecule has 1 heterocycles. The Morgan fingerprint density at radius 1 is 0.968 bits per heavy atom. The van der Waals surface area contributed by atoms with Crippen LogP contribution in [0, 0.1) is 0 Å². The van der Waals surface area contributed by atoms with Crippen molar-refractivity contribution in [3.8, 4) is 0 Å². The number of halogens is 1. The molecule has 0 aliphatic heterocycles. The van der Waals surface area contributed by atoms with Gasteiger partial charge >= 0.3 is 0 Å². The highest BCUT2D eigenvalue weighted by Gasteiger charge is 2.10. The van der Waals surface area contributed by atoms with Gasteiger partial charge in [0.25, 0.3) is 0 Å². The molecule has 0 saturated carbocycles. The van der Waals surface area contributed by atoms with Crippen molar-refractivity contribution in [1.82, 2.24) is 19.9 Å². The first-order valence-electron chi connectivity index (χ1n) is 10.1. The van der Waals surface area contributed by atoms with E-state index in [0.29, 0.717) is 12.5 Å². The molecule has 0 aliphatic carbocycles. The van der Waals surface area contributed by atoms with Crippen LogP contribution in [-0.2, 0) is 23.1 Å². The van der Waals surface area contributed by atoms with Crippen molar-refractivity contribution in [1.29, 1.82) is 0 Å². The quantitative estimate of drug-likeness (QED) is 0.156. The first-order valence-corrected chi connectivity index (χ1v) is 11.7. The van der Waals surface area contributed by atoms with Gasteiger partial charge in [-0.25, -0.2) is 13.1 Å². The lowest BCUT2D eigenvalue weighted by Crippen LogP contribution is -2.41. The maximum Gasteiger partial charge on any atom is 0.213 e. The van der Waals surface area contributed by atoms with Crippen molar-refractivity contribution in [2.75, 3.05) is 25.9 Å². The second kappa shape index (κ2) is 12.7. The van der Waals surface area contributed by atoms with E-state index in [2.05, 4.69) is 49.3 Å². The molecule has 31 heavy (non-hydrogen) atoms. The topological polar surface area (TPSA) is 87.5 Å². The maximum absolute atomic E-state index is 12.2. The lowest BCUT2D eigenvalue weighted by Gasteiger charge is -2.13. The number of nitrogens with zero attached hydrogens (tertiary/aromatic N) is 2. The molecular formula is C22H30IN5O2S. The second-order valence-corrected chi connectivity index (χ2v) is 8.90. The van der Waals surface area contributed by atoms with E-state index < -0.39 is 10.0 Å². The number of guanidine groups is 1. The summed E-state index contributed by atoms with van der Waals surface area (Å²) in [7, 11) is -1.68. The van der Waals surface area contributed by atoms with E-state index in [1.165, 1.54) is 10.9 Å². The van der Waals surface area contributed by atoms with Crippen LogP contribution in [0.3, 0.4) is 0 Å². The van der Waals surface area contributed by atoms with Crippen LogP contribution in [0.1, 0.15) is 12.0 Å². The molecule has 3 N–H and O–H groups in total. The van der Waals surface area contributed by atoms with Crippen LogP contribution in [0.15, 0.2) is 71.9 Å². The molecule has 0 atom stereocenters. The number of para-hydroxylation sites is 1. The summed E-state index contributed by atoms with van der Waals surface area (Å²) in [5.41, 5.74) is 2.16. The number of sulfonamides is 1. The summed E-state index contributed by atoms with van der Waals surface area (Å²) in [4.78, 5) is 4.16. The molecule has 9 heteroatoms. The number of hydrogen-bond acceptors (Lipinski definition) is 3. The summed E-state index contributed by atoms with van der Waals surface area (Å²) in [5, 5.41) is 7.54. The molecule has 0 spiro atoms. The standard InChI is InChI=1S/C22H29N5O2S.HI/c1-23-22(24-13-7-15-27-16-12-20-10-5-6-11-21(20)27)25-14-17-30(28,29)26-18-19-8-3-2-4-9-19;/h2-6,8-12,16,26H,7,13-15,17-18H2,1H3,(H2,23,24,25);1H. The number of rotatable bonds is 10. The smallest absolute Gasteiger partial charge is 0.213 e. The Balaban J connectivity index is 0.00000341. The maximum atomic E-state index is 12.2. The summed E-state index contributed by atoms with van der Waals surface area (Å²) >= 11 is 0. The predicted molar refractivity (Wildman–Crippen MR) is 138 cm³/mol. The first kappa shape index (κ1) is 25.2. The Kier molecular flexibility index (Phi) is 10.3. The van der Waals surface area contributed by atoms with E-state index in [1.807, 2.05) is 42.5 Å². The molecule has 0 amide bonds. The summed E-state index contributed by atoms with van der Waals surface area (Å²) in [6.07, 6.45) is 3.03. The van der Waals surface area contributed by atoms with E-state index in [1.54, 1.807) is 7.05 Å². The monoisotopic (exact) mass is 555 g/mol. The zero-order valence-corrected chi connectivity index (χ0v) is 20.8. The van der Waals surface area contributed by atoms with Gasteiger partial charge in [0, 0.05) is 44.9 Å². The fraction of sp³-hybridized carbons (Fsp3) is 0.318. The van der Waals surface area contributed by atoms with Gasteiger partial charge in [-0.2, -0.15) is 0 Å². The van der Waals surface area contributed by atoms with Crippen molar-refractivity contribution in [2.24, 2.45) is 4.99 Å². The van der Waals surface area contributed by atoms with Gasteiger partial charge in [0.2, 0.25) is 10.0 Å². The molecule has 3 rings (SSSR count). The van der Waals surface area contributed by atoms with Crippen LogP contribution >= 0.6 is 24.0 Å². The molecule has 0 fully saturated rings. The molecule has 2 aromatic carbocycles. The van der Waals surface area contributed by atoms with Crippen LogP contribution < -0.4 is 15.4 Å². The van der Waals surface area contributed by atoms with Crippen LogP contribution in [0.25, 0.3) is 10.9 Å². The lowest BCUT2D eigenvalue weighted by molar-refractivity contribution is 0.579. The van der Waals surface area contributed by atoms with E-state index in [9.17, 15) is 8.42 Å². The second-order valence-electron chi connectivity index (χ2n) is 6.97. The third-order valence-corrected chi connectivity index (χ3v) is 6.10. The molecule has 0 saturated heterocycles. The average Bonchev–Trinajstić information content (AvgIpc) is 3.18. The largest absolute Gasteiger partial charge is 0.356 e. The van der Waals surface area contributed by atoms with Crippen LogP contribution in [0.4, 0.5) is 0 Å². The van der Waals surface area contributed by atoms with Crippen molar-refractivity contribution in [2.45, 2.75) is 19.5 Å². The lowest BCUT2D eigenvalue weighted by atomic mass is 10.2. The fourth-order valence-corrected chi connectivity index (χ4v) is 4.08. The van der Waals surface area contributed by atoms with Gasteiger partial charge in [0.15, 0.2) is 5.96 Å². The normalized spacial score (nSPS) is 11.8. The van der Waals surface area contributed by atoms with Gasteiger partial charge in [-0.05, 0) is 29.5 Å². The molecule has 168 valence electrons. The molecule has 7 nitrogen and oxygen atoms in total. The Morgan fingerprint density at radius 2 is 1.68 bits per heavy atom. The SMILES string of the molecule is CN=C(NCCCn1ccc2ccccc21)NCCS(=O)(=O)NCc1ccccc1.I. The average molecular weight is 555 g/mol. The summed E-state index contributed by atoms with van der Waals surface area (Å²) < 4.78 is 29.2. The molecule has 0 unspecified atom stereocenters. The Bertz CT molecular complexity index is 1070. The Hall–Kier alpha value is -2.11. The number of hydrogen-bond donors (Lipinski definition) is 3. The zero-order valence-electron chi connectivity index (χ0n) is 17.6. The van der Waals surface area contributed by atoms with Gasteiger partial charge in [0.05, 0.1) is 5.75 Å². The zero-order chi connectivity index (χ0) is 21.2. The van der Waals surface area contributed by atoms with Crippen LogP contribution in [0.2, 0.25) is 0 Å². The number of aromatic nitrogens is 1. The highest BCUT2D eigenvalue weighted by molar-refractivity contribution is 14.0. The number of aliphatic imine (C=N–C) groups is 1. The van der Waals surface area contributed by atoms with E-state index in [0.717, 1.165) is 25.1 Å². The molecular weight excluding hydrogens is 525 g/mol. The Labute approximate surface area is 201 Å². The fourth-order valence-electron chi connectivity index (χ4n) is 3.18. The number of nitrogens with one attached hydrogen (secondary N) is 3. The van der Waals surface area contributed by atoms with Gasteiger partial charge in [-0.15, -0.1) is 24.0 Å². The Morgan fingerprint density at radius 3 is 2.45 bits per heavy atom. The highest BCUT2D eigenvalue weighted by atomic mass is 127. The minimum Gasteiger partial charge on any atom is -0.356 e. The number of benzene rings is 2. The minimum absolute atomic E-state index is 0. The first-order chi connectivity index (χ1) is 14.6. The minimum atomic E-state index is -3.36. The summed E-state index contributed by atoms with van der Waals surface area (Å²) in [5.74, 6) is 0.584. The van der Waals surface area contributed by atoms with Crippen molar-refractivity contribution in [3.63, 3.8) is 0 Å². The van der Waals surface area contributed by atoms with Crippen LogP contribution in [0.5, 0.6) is 0 Å². The van der Waals surface area contributed by atoms with E-state index >= 15 is 0 Å². The molecule has 0 aliphatic rings. The highest BCUT2D eigenvalue weighted by Crippen LogP contribution is 2.15. The summed E-state index contributed by atoms with van der Waals surface area (Å²) in [6.45, 7) is 2.22. The van der Waals surface area contributed by atoms with Gasteiger partial charge in [-0.3, -0.25) is 4.99 Å². The number of fused-ring (bicyclic) bond motifs is 1. The van der Waals surface area contributed by atoms with Gasteiger partial charge in [-0.1, -0.05) is 48.5 Å². The van der Waals surface area contributed by atoms with Crippen molar-refractivity contribution >= 4 is 50.9 Å². The molecule has 0 bridgehead atoms. The van der Waals surface area contributed by atoms with Gasteiger partial charge in [0.1, 0.15) is 0 Å². The van der Waals surface area contributed by atoms with Crippen molar-refractivity contribution < 1.29 is 8.42 Å². The van der Waals surface area contributed by atoms with E-state index in [-0.39, 0.29) is 36.3 Å². The van der Waals surface area contributed by atoms with Gasteiger partial charge < -0.3 is 15.2 Å². The molecule has 1 aromatic heterocycles.